The van der Waals surface area contributed by atoms with Gasteiger partial charge in [-0.15, -0.1) is 0 Å². The normalized spacial score (nSPS) is 27.9. The van der Waals surface area contributed by atoms with E-state index in [-0.39, 0.29) is 18.1 Å². The molecule has 0 aromatic heterocycles. The van der Waals surface area contributed by atoms with Crippen LogP contribution >= 0.6 is 0 Å². The Balaban J connectivity index is 2.30. The number of carbonyl (C=O) groups is 1. The number of carbonyl (C=O) groups excluding carboxylic acids is 1. The summed E-state index contributed by atoms with van der Waals surface area (Å²) in [5.41, 5.74) is 0. The van der Waals surface area contributed by atoms with Gasteiger partial charge in [0.1, 0.15) is 5.78 Å². The van der Waals surface area contributed by atoms with Crippen LogP contribution in [0, 0.1) is 11.8 Å². The second-order valence-electron chi connectivity index (χ2n) is 5.61. The van der Waals surface area contributed by atoms with Gasteiger partial charge in [-0.25, -0.2) is 0 Å². The van der Waals surface area contributed by atoms with Crippen molar-refractivity contribution < 1.29 is 15.0 Å². The lowest BCUT2D eigenvalue weighted by molar-refractivity contribution is -0.117. The smallest absolute Gasteiger partial charge is 0.136 e. The van der Waals surface area contributed by atoms with Crippen molar-refractivity contribution >= 4 is 5.78 Å². The third kappa shape index (κ3) is 5.32. The van der Waals surface area contributed by atoms with Crippen molar-refractivity contribution in [2.75, 3.05) is 0 Å². The standard InChI is InChI=1S/C15H26O3/c1-3-4-5-11(2)8-13(16)7-6-12-9-14(17)10-15(12)18/h6-7,11-13,15-16,18H,3-5,8-10H2,1-2H3/b7-6+/t11?,12-,13?,15?/m1/s1. The minimum Gasteiger partial charge on any atom is -0.392 e. The Kier molecular flexibility index (Phi) is 6.58. The molecule has 1 aliphatic rings. The zero-order valence-corrected chi connectivity index (χ0v) is 11.5. The fraction of sp³-hybridized carbons (Fsp3) is 0.800. The first-order chi connectivity index (χ1) is 8.52. The molecule has 0 spiro atoms. The van der Waals surface area contributed by atoms with Crippen molar-refractivity contribution in [2.24, 2.45) is 11.8 Å². The summed E-state index contributed by atoms with van der Waals surface area (Å²) in [6.07, 6.45) is 7.51. The molecule has 0 saturated heterocycles. The molecule has 1 fully saturated rings. The Morgan fingerprint density at radius 1 is 1.44 bits per heavy atom. The van der Waals surface area contributed by atoms with Gasteiger partial charge in [-0.3, -0.25) is 4.79 Å². The van der Waals surface area contributed by atoms with E-state index in [2.05, 4.69) is 13.8 Å². The van der Waals surface area contributed by atoms with Gasteiger partial charge < -0.3 is 10.2 Å². The number of aliphatic hydroxyl groups is 2. The van der Waals surface area contributed by atoms with Crippen molar-refractivity contribution in [1.29, 1.82) is 0 Å². The summed E-state index contributed by atoms with van der Waals surface area (Å²) in [5, 5.41) is 19.5. The molecule has 2 N–H and O–H groups in total. The molecule has 3 heteroatoms. The Morgan fingerprint density at radius 3 is 2.72 bits per heavy atom. The van der Waals surface area contributed by atoms with Gasteiger partial charge in [0.15, 0.2) is 0 Å². The molecular formula is C15H26O3. The third-order valence-electron chi connectivity index (χ3n) is 3.67. The van der Waals surface area contributed by atoms with Crippen LogP contribution in [0.2, 0.25) is 0 Å². The fourth-order valence-electron chi connectivity index (χ4n) is 2.50. The molecule has 3 nitrogen and oxygen atoms in total. The predicted molar refractivity (Wildman–Crippen MR) is 72.2 cm³/mol. The highest BCUT2D eigenvalue weighted by Gasteiger charge is 2.29. The number of hydrogen-bond donors (Lipinski definition) is 2. The molecule has 0 aromatic carbocycles. The molecule has 1 rings (SSSR count). The lowest BCUT2D eigenvalue weighted by Gasteiger charge is -2.14. The van der Waals surface area contributed by atoms with Crippen LogP contribution in [0.1, 0.15) is 52.4 Å². The Bertz CT molecular complexity index is 285. The molecule has 3 unspecified atom stereocenters. The van der Waals surface area contributed by atoms with Gasteiger partial charge >= 0.3 is 0 Å². The van der Waals surface area contributed by atoms with Gasteiger partial charge in [0, 0.05) is 18.8 Å². The first-order valence-corrected chi connectivity index (χ1v) is 7.09. The van der Waals surface area contributed by atoms with Crippen molar-refractivity contribution in [2.45, 2.75) is 64.6 Å². The molecular weight excluding hydrogens is 228 g/mol. The number of hydrogen-bond acceptors (Lipinski definition) is 3. The zero-order valence-electron chi connectivity index (χ0n) is 11.5. The van der Waals surface area contributed by atoms with Crippen LogP contribution in [-0.4, -0.2) is 28.2 Å². The van der Waals surface area contributed by atoms with Crippen LogP contribution in [0.15, 0.2) is 12.2 Å². The molecule has 0 amide bonds. The molecule has 0 aromatic rings. The summed E-state index contributed by atoms with van der Waals surface area (Å²) >= 11 is 0. The molecule has 1 saturated carbocycles. The van der Waals surface area contributed by atoms with Gasteiger partial charge in [-0.1, -0.05) is 45.3 Å². The Hall–Kier alpha value is -0.670. The van der Waals surface area contributed by atoms with E-state index in [1.807, 2.05) is 6.08 Å². The topological polar surface area (TPSA) is 57.5 Å². The molecule has 1 aliphatic carbocycles. The molecule has 0 aliphatic heterocycles. The molecule has 4 atom stereocenters. The van der Waals surface area contributed by atoms with Crippen molar-refractivity contribution in [3.8, 4) is 0 Å². The Labute approximate surface area is 110 Å². The monoisotopic (exact) mass is 254 g/mol. The maximum atomic E-state index is 11.1. The van der Waals surface area contributed by atoms with E-state index in [0.717, 1.165) is 12.8 Å². The van der Waals surface area contributed by atoms with E-state index >= 15 is 0 Å². The van der Waals surface area contributed by atoms with E-state index in [9.17, 15) is 15.0 Å². The van der Waals surface area contributed by atoms with Crippen LogP contribution in [0.4, 0.5) is 0 Å². The lowest BCUT2D eigenvalue weighted by Crippen LogP contribution is -2.13. The van der Waals surface area contributed by atoms with Crippen molar-refractivity contribution in [1.82, 2.24) is 0 Å². The Morgan fingerprint density at radius 2 is 2.17 bits per heavy atom. The first-order valence-electron chi connectivity index (χ1n) is 7.09. The predicted octanol–water partition coefficient (Wildman–Crippen LogP) is 2.46. The average Bonchev–Trinajstić information content (AvgIpc) is 2.62. The second-order valence-corrected chi connectivity index (χ2v) is 5.61. The van der Waals surface area contributed by atoms with Gasteiger partial charge in [-0.2, -0.15) is 0 Å². The number of Topliss-reactive ketones (excluding diaryl/α,β-unsaturated/α-hetero) is 1. The third-order valence-corrected chi connectivity index (χ3v) is 3.67. The minimum absolute atomic E-state index is 0.0990. The van der Waals surface area contributed by atoms with E-state index in [4.69, 9.17) is 0 Å². The summed E-state index contributed by atoms with van der Waals surface area (Å²) in [5.74, 6) is 0.529. The average molecular weight is 254 g/mol. The number of ketones is 1. The van der Waals surface area contributed by atoms with E-state index in [0.29, 0.717) is 12.3 Å². The highest BCUT2D eigenvalue weighted by Crippen LogP contribution is 2.24. The van der Waals surface area contributed by atoms with E-state index < -0.39 is 12.2 Å². The summed E-state index contributed by atoms with van der Waals surface area (Å²) in [6, 6.07) is 0. The zero-order chi connectivity index (χ0) is 13.5. The minimum atomic E-state index is -0.557. The summed E-state index contributed by atoms with van der Waals surface area (Å²) in [6.45, 7) is 4.32. The maximum absolute atomic E-state index is 11.1. The quantitative estimate of drug-likeness (QED) is 0.686. The molecule has 0 bridgehead atoms. The molecule has 18 heavy (non-hydrogen) atoms. The van der Waals surface area contributed by atoms with Crippen LogP contribution in [0.25, 0.3) is 0 Å². The second kappa shape index (κ2) is 7.70. The number of unbranched alkanes of at least 4 members (excludes halogenated alkanes) is 1. The van der Waals surface area contributed by atoms with E-state index in [1.165, 1.54) is 12.8 Å². The SMILES string of the molecule is CCCCC(C)CC(O)/C=C/[C@@H]1CC(=O)CC1O. The van der Waals surface area contributed by atoms with E-state index in [1.54, 1.807) is 6.08 Å². The molecule has 0 heterocycles. The van der Waals surface area contributed by atoms with Crippen LogP contribution in [0.3, 0.4) is 0 Å². The van der Waals surface area contributed by atoms with Gasteiger partial charge in [-0.05, 0) is 12.3 Å². The van der Waals surface area contributed by atoms with Gasteiger partial charge in [0.05, 0.1) is 12.2 Å². The van der Waals surface area contributed by atoms with Crippen molar-refractivity contribution in [3.63, 3.8) is 0 Å². The summed E-state index contributed by atoms with van der Waals surface area (Å²) < 4.78 is 0. The van der Waals surface area contributed by atoms with Crippen molar-refractivity contribution in [3.05, 3.63) is 12.2 Å². The highest BCUT2D eigenvalue weighted by atomic mass is 16.3. The fourth-order valence-corrected chi connectivity index (χ4v) is 2.50. The maximum Gasteiger partial charge on any atom is 0.136 e. The van der Waals surface area contributed by atoms with Crippen LogP contribution in [-0.2, 0) is 4.79 Å². The molecule has 0 radical (unpaired) electrons. The van der Waals surface area contributed by atoms with Crippen LogP contribution < -0.4 is 0 Å². The first kappa shape index (κ1) is 15.4. The van der Waals surface area contributed by atoms with Crippen LogP contribution in [0.5, 0.6) is 0 Å². The van der Waals surface area contributed by atoms with Gasteiger partial charge in [0.25, 0.3) is 0 Å². The number of rotatable bonds is 7. The summed E-state index contributed by atoms with van der Waals surface area (Å²) in [4.78, 5) is 11.1. The summed E-state index contributed by atoms with van der Waals surface area (Å²) in [7, 11) is 0. The largest absolute Gasteiger partial charge is 0.392 e. The highest BCUT2D eigenvalue weighted by molar-refractivity contribution is 5.81. The number of aliphatic hydroxyl groups excluding tert-OH is 2. The lowest BCUT2D eigenvalue weighted by atomic mass is 9.96. The van der Waals surface area contributed by atoms with Gasteiger partial charge in [0.2, 0.25) is 0 Å². The molecule has 104 valence electrons.